The zero-order valence-corrected chi connectivity index (χ0v) is 21.4. The minimum absolute atomic E-state index is 0.00381. The number of fused-ring (bicyclic) bond motifs is 1. The van der Waals surface area contributed by atoms with Crippen molar-refractivity contribution in [3.05, 3.63) is 47.9 Å². The number of rotatable bonds is 8. The molecule has 1 fully saturated rings. The molecule has 192 valence electrons. The predicted molar refractivity (Wildman–Crippen MR) is 144 cm³/mol. The van der Waals surface area contributed by atoms with E-state index >= 15 is 0 Å². The molecular formula is C25H36N10O. The number of likely N-dealkylation sites (tertiary alicyclic amines) is 1. The van der Waals surface area contributed by atoms with E-state index in [2.05, 4.69) is 42.0 Å². The molecule has 0 unspecified atom stereocenters. The maximum absolute atomic E-state index is 6.09. The van der Waals surface area contributed by atoms with E-state index in [1.165, 1.54) is 0 Å². The molecule has 36 heavy (non-hydrogen) atoms. The zero-order valence-electron chi connectivity index (χ0n) is 21.4. The van der Waals surface area contributed by atoms with Crippen molar-refractivity contribution in [3.63, 3.8) is 0 Å². The van der Waals surface area contributed by atoms with E-state index in [-0.39, 0.29) is 6.10 Å². The molecule has 0 atom stereocenters. The molecule has 1 aliphatic rings. The first-order valence-corrected chi connectivity index (χ1v) is 12.3. The Balaban J connectivity index is 1.67. The van der Waals surface area contributed by atoms with Gasteiger partial charge in [-0.3, -0.25) is 10.3 Å². The number of nitrogens with one attached hydrogen (secondary N) is 2. The van der Waals surface area contributed by atoms with Gasteiger partial charge in [0.05, 0.1) is 6.10 Å². The third kappa shape index (κ3) is 6.29. The lowest BCUT2D eigenvalue weighted by molar-refractivity contribution is 0.206. The quantitative estimate of drug-likeness (QED) is 0.163. The van der Waals surface area contributed by atoms with E-state index in [4.69, 9.17) is 16.3 Å². The van der Waals surface area contributed by atoms with Gasteiger partial charge in [-0.05, 0) is 77.4 Å². The van der Waals surface area contributed by atoms with E-state index in [0.29, 0.717) is 23.4 Å². The molecule has 11 nitrogen and oxygen atoms in total. The predicted octanol–water partition coefficient (Wildman–Crippen LogP) is 2.79. The molecule has 1 saturated heterocycles. The van der Waals surface area contributed by atoms with Crippen LogP contribution in [0.3, 0.4) is 0 Å². The van der Waals surface area contributed by atoms with Gasteiger partial charge in [-0.2, -0.15) is 15.3 Å². The monoisotopic (exact) mass is 492 g/mol. The molecule has 0 amide bonds. The summed E-state index contributed by atoms with van der Waals surface area (Å²) < 4.78 is 7.85. The van der Waals surface area contributed by atoms with Gasteiger partial charge in [-0.15, -0.1) is 0 Å². The fourth-order valence-electron chi connectivity index (χ4n) is 4.21. The number of nitrogens with zero attached hydrogens (tertiary/aromatic N) is 6. The summed E-state index contributed by atoms with van der Waals surface area (Å²) in [4.78, 5) is 7.00. The number of ether oxygens (including phenoxy) is 1. The lowest BCUT2D eigenvalue weighted by Gasteiger charge is -2.29. The van der Waals surface area contributed by atoms with Gasteiger partial charge in [0.2, 0.25) is 0 Å². The summed E-state index contributed by atoms with van der Waals surface area (Å²) in [5.74, 6) is 7.48. The molecule has 3 heterocycles. The van der Waals surface area contributed by atoms with Gasteiger partial charge in [-0.1, -0.05) is 0 Å². The average molecular weight is 493 g/mol. The number of benzene rings is 1. The Morgan fingerprint density at radius 2 is 2.00 bits per heavy atom. The minimum Gasteiger partial charge on any atom is -0.491 e. The van der Waals surface area contributed by atoms with Crippen molar-refractivity contribution < 1.29 is 4.74 Å². The fourth-order valence-corrected chi connectivity index (χ4v) is 4.21. The van der Waals surface area contributed by atoms with E-state index < -0.39 is 0 Å². The molecule has 11 heteroatoms. The Morgan fingerprint density at radius 1 is 1.22 bits per heavy atom. The minimum atomic E-state index is -0.00381. The number of hydrogen-bond donors (Lipinski definition) is 4. The maximum atomic E-state index is 6.09. The third-order valence-corrected chi connectivity index (χ3v) is 5.89. The molecular weight excluding hydrogens is 456 g/mol. The van der Waals surface area contributed by atoms with Crippen LogP contribution in [0.4, 0.5) is 11.5 Å². The van der Waals surface area contributed by atoms with E-state index in [1.807, 2.05) is 56.6 Å². The smallest absolute Gasteiger partial charge is 0.173 e. The molecule has 1 aliphatic heterocycles. The standard InChI is InChI=1S/C25H36N10O/c1-16(2)32-33-24(31-27)19-11-21(13-22(12-19)36-17(3)4)30-25-23-18(5-10-35(23)29-15-28-25)14-34-8-6-20(26)7-9-34/h5,10-13,15,17,20H,6-9,14,26-27H2,1-4H3,(H,31,33)(H,28,29,30). The third-order valence-electron chi connectivity index (χ3n) is 5.89. The molecule has 0 aliphatic carbocycles. The van der Waals surface area contributed by atoms with Crippen LogP contribution >= 0.6 is 0 Å². The second-order valence-corrected chi connectivity index (χ2v) is 9.54. The average Bonchev–Trinajstić information content (AvgIpc) is 3.24. The highest BCUT2D eigenvalue weighted by atomic mass is 16.5. The second kappa shape index (κ2) is 11.4. The molecule has 0 radical (unpaired) electrons. The van der Waals surface area contributed by atoms with E-state index in [0.717, 1.165) is 60.5 Å². The SMILES string of the molecule is CC(C)=NN/C(=N/N)c1cc(Nc2ncnn3ccc(CN4CCC(N)CC4)c23)cc(OC(C)C)c1. The lowest BCUT2D eigenvalue weighted by Crippen LogP contribution is -2.39. The number of aromatic nitrogens is 3. The number of hydrazone groups is 2. The maximum Gasteiger partial charge on any atom is 0.173 e. The number of anilines is 2. The van der Waals surface area contributed by atoms with Crippen LogP contribution in [-0.4, -0.2) is 56.3 Å². The van der Waals surface area contributed by atoms with Crippen LogP contribution in [-0.2, 0) is 6.54 Å². The van der Waals surface area contributed by atoms with Gasteiger partial charge >= 0.3 is 0 Å². The highest BCUT2D eigenvalue weighted by Gasteiger charge is 2.19. The number of piperidine rings is 1. The van der Waals surface area contributed by atoms with Crippen LogP contribution in [0.2, 0.25) is 0 Å². The highest BCUT2D eigenvalue weighted by Crippen LogP contribution is 2.28. The van der Waals surface area contributed by atoms with Crippen LogP contribution in [0, 0.1) is 0 Å². The highest BCUT2D eigenvalue weighted by molar-refractivity contribution is 6.00. The first kappa shape index (κ1) is 25.4. The Labute approximate surface area is 211 Å². The van der Waals surface area contributed by atoms with Crippen LogP contribution in [0.25, 0.3) is 5.52 Å². The number of amidine groups is 1. The van der Waals surface area contributed by atoms with Crippen LogP contribution < -0.4 is 27.1 Å². The van der Waals surface area contributed by atoms with Gasteiger partial charge in [0.15, 0.2) is 11.7 Å². The Kier molecular flexibility index (Phi) is 8.01. The molecule has 0 bridgehead atoms. The van der Waals surface area contributed by atoms with Crippen molar-refractivity contribution in [3.8, 4) is 5.75 Å². The van der Waals surface area contributed by atoms with Crippen molar-refractivity contribution in [1.29, 1.82) is 0 Å². The first-order chi connectivity index (χ1) is 17.3. The van der Waals surface area contributed by atoms with E-state index in [9.17, 15) is 0 Å². The molecule has 0 spiro atoms. The summed E-state index contributed by atoms with van der Waals surface area (Å²) >= 11 is 0. The largest absolute Gasteiger partial charge is 0.491 e. The molecule has 0 saturated carbocycles. The van der Waals surface area contributed by atoms with Crippen molar-refractivity contribution in [2.24, 2.45) is 21.8 Å². The summed E-state index contributed by atoms with van der Waals surface area (Å²) in [6, 6.07) is 8.13. The van der Waals surface area contributed by atoms with E-state index in [1.54, 1.807) is 6.33 Å². The number of hydrogen-bond acceptors (Lipinski definition) is 9. The lowest BCUT2D eigenvalue weighted by atomic mass is 10.1. The molecule has 2 aromatic heterocycles. The van der Waals surface area contributed by atoms with Gasteiger partial charge < -0.3 is 21.6 Å². The Morgan fingerprint density at radius 3 is 2.69 bits per heavy atom. The number of nitrogens with two attached hydrogens (primary N) is 2. The van der Waals surface area contributed by atoms with Gasteiger partial charge in [0, 0.05) is 41.8 Å². The summed E-state index contributed by atoms with van der Waals surface area (Å²) in [6.45, 7) is 10.5. The first-order valence-electron chi connectivity index (χ1n) is 12.3. The van der Waals surface area contributed by atoms with Crippen molar-refractivity contribution in [2.75, 3.05) is 18.4 Å². The van der Waals surface area contributed by atoms with Gasteiger partial charge in [0.1, 0.15) is 17.6 Å². The van der Waals surface area contributed by atoms with Crippen LogP contribution in [0.5, 0.6) is 5.75 Å². The molecule has 4 rings (SSSR count). The fraction of sp³-hybridized carbons (Fsp3) is 0.440. The second-order valence-electron chi connectivity index (χ2n) is 9.54. The summed E-state index contributed by atoms with van der Waals surface area (Å²) in [6.07, 6.45) is 5.53. The topological polar surface area (TPSA) is 143 Å². The molecule has 1 aromatic carbocycles. The van der Waals surface area contributed by atoms with Crippen molar-refractivity contribution in [1.82, 2.24) is 24.9 Å². The van der Waals surface area contributed by atoms with Crippen molar-refractivity contribution >= 4 is 28.6 Å². The van der Waals surface area contributed by atoms with Crippen LogP contribution in [0.1, 0.15) is 51.7 Å². The molecule has 3 aromatic rings. The normalized spacial score (nSPS) is 15.3. The van der Waals surface area contributed by atoms with Crippen molar-refractivity contribution in [2.45, 2.75) is 59.2 Å². The summed E-state index contributed by atoms with van der Waals surface area (Å²) in [5.41, 5.74) is 13.5. The Hall–Kier alpha value is -3.70. The molecule has 6 N–H and O–H groups in total. The van der Waals surface area contributed by atoms with Crippen LogP contribution in [0.15, 0.2) is 47.0 Å². The van der Waals surface area contributed by atoms with Gasteiger partial charge in [-0.25, -0.2) is 9.50 Å². The summed E-state index contributed by atoms with van der Waals surface area (Å²) in [5, 5.41) is 16.0. The van der Waals surface area contributed by atoms with Gasteiger partial charge in [0.25, 0.3) is 0 Å². The summed E-state index contributed by atoms with van der Waals surface area (Å²) in [7, 11) is 0. The Bertz CT molecular complexity index is 1240. The zero-order chi connectivity index (χ0) is 25.7.